The number of aliphatic hydroxyl groups excluding tert-OH is 1. The Morgan fingerprint density at radius 2 is 1.49 bits per heavy atom. The van der Waals surface area contributed by atoms with Gasteiger partial charge in [-0.2, -0.15) is 0 Å². The molecule has 0 bridgehead atoms. The third-order valence-corrected chi connectivity index (χ3v) is 7.43. The van der Waals surface area contributed by atoms with Crippen LogP contribution in [0.5, 0.6) is 11.5 Å². The van der Waals surface area contributed by atoms with Gasteiger partial charge in [-0.15, -0.1) is 6.42 Å². The standard InChI is InChI=1S/C33H32N2O8/c1-4-20-41-30-27(43-31(29(30)37)35-19-18-28(36)34-32(35)38)21-42-33(22-8-6-5-7-9-22,23-10-14-25(39-2)15-11-23)24-12-16-26(40-3)17-13-24/h1,5-19,27,29-31,37H,20-21H2,2-3H3,(H,34,36,38)/t27-,29-,30-,31-/m1/s1. The molecule has 2 heterocycles. The number of nitrogens with one attached hydrogen (secondary N) is 1. The Kier molecular flexibility index (Phi) is 9.09. The molecule has 1 fully saturated rings. The molecule has 10 nitrogen and oxygen atoms in total. The normalized spacial score (nSPS) is 20.0. The predicted molar refractivity (Wildman–Crippen MR) is 158 cm³/mol. The zero-order valence-electron chi connectivity index (χ0n) is 23.7. The third-order valence-electron chi connectivity index (χ3n) is 7.43. The average Bonchev–Trinajstić information content (AvgIpc) is 3.35. The van der Waals surface area contributed by atoms with Crippen molar-refractivity contribution in [2.75, 3.05) is 27.4 Å². The van der Waals surface area contributed by atoms with E-state index in [1.165, 1.54) is 12.3 Å². The van der Waals surface area contributed by atoms with Gasteiger partial charge in [0.15, 0.2) is 6.23 Å². The van der Waals surface area contributed by atoms with Crippen molar-refractivity contribution >= 4 is 0 Å². The molecule has 222 valence electrons. The van der Waals surface area contributed by atoms with E-state index in [0.29, 0.717) is 11.5 Å². The van der Waals surface area contributed by atoms with Crippen molar-refractivity contribution in [2.24, 2.45) is 0 Å². The van der Waals surface area contributed by atoms with Crippen LogP contribution in [0.2, 0.25) is 0 Å². The quantitative estimate of drug-likeness (QED) is 0.204. The van der Waals surface area contributed by atoms with Gasteiger partial charge in [0.2, 0.25) is 0 Å². The van der Waals surface area contributed by atoms with Gasteiger partial charge in [-0.1, -0.05) is 60.5 Å². The largest absolute Gasteiger partial charge is 0.497 e. The highest BCUT2D eigenvalue weighted by Gasteiger charge is 2.48. The van der Waals surface area contributed by atoms with Crippen LogP contribution >= 0.6 is 0 Å². The Labute approximate surface area is 248 Å². The van der Waals surface area contributed by atoms with Gasteiger partial charge in [-0.3, -0.25) is 14.3 Å². The van der Waals surface area contributed by atoms with Crippen LogP contribution in [-0.4, -0.2) is 60.4 Å². The van der Waals surface area contributed by atoms with Crippen molar-refractivity contribution in [3.63, 3.8) is 0 Å². The van der Waals surface area contributed by atoms with E-state index in [1.807, 2.05) is 78.9 Å². The maximum Gasteiger partial charge on any atom is 0.330 e. The average molecular weight is 585 g/mol. The second-order valence-corrected chi connectivity index (χ2v) is 9.87. The Balaban J connectivity index is 1.59. The van der Waals surface area contributed by atoms with E-state index in [-0.39, 0.29) is 13.2 Å². The minimum Gasteiger partial charge on any atom is -0.497 e. The van der Waals surface area contributed by atoms with E-state index < -0.39 is 41.4 Å². The number of terminal acetylenes is 1. The molecule has 4 atom stereocenters. The monoisotopic (exact) mass is 584 g/mol. The maximum absolute atomic E-state index is 12.6. The SMILES string of the molecule is C#CCO[C@H]1[C@@H](O)[C@H](n2ccc(=O)[nH]c2=O)O[C@@H]1COC(c1ccccc1)(c1ccc(OC)cc1)c1ccc(OC)cc1. The molecule has 0 aliphatic carbocycles. The molecule has 10 heteroatoms. The number of aromatic amines is 1. The Hall–Kier alpha value is -4.66. The number of benzene rings is 3. The minimum atomic E-state index is -1.29. The first-order chi connectivity index (χ1) is 20.9. The summed E-state index contributed by atoms with van der Waals surface area (Å²) >= 11 is 0. The number of aromatic nitrogens is 2. The van der Waals surface area contributed by atoms with Crippen LogP contribution in [0.4, 0.5) is 0 Å². The lowest BCUT2D eigenvalue weighted by atomic mass is 9.80. The number of hydrogen-bond acceptors (Lipinski definition) is 8. The number of ether oxygens (including phenoxy) is 5. The molecule has 3 aromatic carbocycles. The lowest BCUT2D eigenvalue weighted by molar-refractivity contribution is -0.102. The third kappa shape index (κ3) is 5.98. The first kappa shape index (κ1) is 29.8. The van der Waals surface area contributed by atoms with Crippen LogP contribution in [0, 0.1) is 12.3 Å². The van der Waals surface area contributed by atoms with Gasteiger partial charge in [0, 0.05) is 12.3 Å². The van der Waals surface area contributed by atoms with Crippen LogP contribution in [0.15, 0.2) is 101 Å². The fourth-order valence-electron chi connectivity index (χ4n) is 5.34. The summed E-state index contributed by atoms with van der Waals surface area (Å²) in [6.45, 7) is -0.177. The number of aliphatic hydroxyl groups is 1. The highest BCUT2D eigenvalue weighted by molar-refractivity contribution is 5.49. The summed E-state index contributed by atoms with van der Waals surface area (Å²) in [6.07, 6.45) is 2.47. The fraction of sp³-hybridized carbons (Fsp3) is 0.273. The topological polar surface area (TPSA) is 121 Å². The molecule has 0 radical (unpaired) electrons. The molecule has 0 saturated carbocycles. The van der Waals surface area contributed by atoms with Crippen molar-refractivity contribution in [1.82, 2.24) is 9.55 Å². The molecule has 0 unspecified atom stereocenters. The molecule has 2 N–H and O–H groups in total. The predicted octanol–water partition coefficient (Wildman–Crippen LogP) is 2.84. The molecule has 43 heavy (non-hydrogen) atoms. The second-order valence-electron chi connectivity index (χ2n) is 9.87. The molecule has 5 rings (SSSR count). The van der Waals surface area contributed by atoms with Gasteiger partial charge in [0.25, 0.3) is 5.56 Å². The summed E-state index contributed by atoms with van der Waals surface area (Å²) in [5, 5.41) is 11.2. The van der Waals surface area contributed by atoms with Crippen LogP contribution in [0.25, 0.3) is 0 Å². The van der Waals surface area contributed by atoms with Crippen LogP contribution in [0.3, 0.4) is 0 Å². The maximum atomic E-state index is 12.6. The lowest BCUT2D eigenvalue weighted by Gasteiger charge is -2.37. The van der Waals surface area contributed by atoms with Gasteiger partial charge >= 0.3 is 5.69 Å². The molecular formula is C33H32N2O8. The van der Waals surface area contributed by atoms with E-state index >= 15 is 0 Å². The summed E-state index contributed by atoms with van der Waals surface area (Å²) < 4.78 is 30.9. The van der Waals surface area contributed by atoms with Crippen molar-refractivity contribution in [3.8, 4) is 23.8 Å². The number of hydrogen-bond donors (Lipinski definition) is 2. The minimum absolute atomic E-state index is 0.0755. The molecule has 0 amide bonds. The molecule has 0 spiro atoms. The van der Waals surface area contributed by atoms with Crippen molar-refractivity contribution in [3.05, 3.63) is 129 Å². The first-order valence-electron chi connectivity index (χ1n) is 13.6. The van der Waals surface area contributed by atoms with Gasteiger partial charge < -0.3 is 28.8 Å². The second kappa shape index (κ2) is 13.1. The molecule has 1 saturated heterocycles. The molecular weight excluding hydrogens is 552 g/mol. The fourth-order valence-corrected chi connectivity index (χ4v) is 5.34. The van der Waals surface area contributed by atoms with E-state index in [0.717, 1.165) is 21.3 Å². The van der Waals surface area contributed by atoms with Crippen LogP contribution in [-0.2, 0) is 19.8 Å². The summed E-state index contributed by atoms with van der Waals surface area (Å²) in [5.41, 5.74) is -0.0179. The van der Waals surface area contributed by atoms with Crippen molar-refractivity contribution < 1.29 is 28.8 Å². The Morgan fingerprint density at radius 3 is 2.02 bits per heavy atom. The van der Waals surface area contributed by atoms with Crippen molar-refractivity contribution in [2.45, 2.75) is 30.1 Å². The molecule has 1 aliphatic heterocycles. The molecule has 1 aliphatic rings. The van der Waals surface area contributed by atoms with Gasteiger partial charge in [-0.25, -0.2) is 4.79 Å². The van der Waals surface area contributed by atoms with Gasteiger partial charge in [-0.05, 0) is 41.0 Å². The van der Waals surface area contributed by atoms with E-state index in [2.05, 4.69) is 10.9 Å². The number of rotatable bonds is 11. The summed E-state index contributed by atoms with van der Waals surface area (Å²) in [4.78, 5) is 26.4. The first-order valence-corrected chi connectivity index (χ1v) is 13.6. The highest BCUT2D eigenvalue weighted by Crippen LogP contribution is 2.43. The van der Waals surface area contributed by atoms with Crippen molar-refractivity contribution in [1.29, 1.82) is 0 Å². The number of nitrogens with zero attached hydrogens (tertiary/aromatic N) is 1. The number of H-pyrrole nitrogens is 1. The smallest absolute Gasteiger partial charge is 0.330 e. The lowest BCUT2D eigenvalue weighted by Crippen LogP contribution is -2.41. The van der Waals surface area contributed by atoms with E-state index in [1.54, 1.807) is 14.2 Å². The van der Waals surface area contributed by atoms with Gasteiger partial charge in [0.05, 0.1) is 20.8 Å². The van der Waals surface area contributed by atoms with E-state index in [9.17, 15) is 14.7 Å². The zero-order valence-corrected chi connectivity index (χ0v) is 23.7. The summed E-state index contributed by atoms with van der Waals surface area (Å²) in [7, 11) is 3.20. The Bertz CT molecular complexity index is 1610. The summed E-state index contributed by atoms with van der Waals surface area (Å²) in [6, 6.07) is 26.0. The van der Waals surface area contributed by atoms with Crippen LogP contribution in [0.1, 0.15) is 22.9 Å². The number of methoxy groups -OCH3 is 2. The van der Waals surface area contributed by atoms with E-state index in [4.69, 9.17) is 30.1 Å². The Morgan fingerprint density at radius 1 is 0.907 bits per heavy atom. The zero-order chi connectivity index (χ0) is 30.4. The molecule has 4 aromatic rings. The highest BCUT2D eigenvalue weighted by atomic mass is 16.6. The molecule has 1 aromatic heterocycles. The summed E-state index contributed by atoms with van der Waals surface area (Å²) in [5.74, 6) is 3.77. The van der Waals surface area contributed by atoms with Gasteiger partial charge in [0.1, 0.15) is 42.0 Å². The van der Waals surface area contributed by atoms with Crippen LogP contribution < -0.4 is 20.7 Å².